The van der Waals surface area contributed by atoms with Gasteiger partial charge in [0.05, 0.1) is 0 Å². The summed E-state index contributed by atoms with van der Waals surface area (Å²) in [6.07, 6.45) is 5.68. The van der Waals surface area contributed by atoms with Gasteiger partial charge in [0.1, 0.15) is 5.60 Å². The first kappa shape index (κ1) is 21.5. The van der Waals surface area contributed by atoms with E-state index in [0.29, 0.717) is 11.4 Å². The van der Waals surface area contributed by atoms with E-state index in [1.807, 2.05) is 40.1 Å². The van der Waals surface area contributed by atoms with Crippen molar-refractivity contribution >= 4 is 23.5 Å². The Morgan fingerprint density at radius 1 is 1.26 bits per heavy atom. The summed E-state index contributed by atoms with van der Waals surface area (Å²) in [5, 5.41) is 9.38. The molecule has 0 amide bonds. The average Bonchev–Trinajstić information content (AvgIpc) is 2.52. The second kappa shape index (κ2) is 8.44. The van der Waals surface area contributed by atoms with Crippen LogP contribution >= 0.6 is 11.6 Å². The van der Waals surface area contributed by atoms with Gasteiger partial charge in [0, 0.05) is 35.1 Å². The van der Waals surface area contributed by atoms with Crippen molar-refractivity contribution in [2.45, 2.75) is 56.6 Å². The predicted octanol–water partition coefficient (Wildman–Crippen LogP) is 4.04. The van der Waals surface area contributed by atoms with Gasteiger partial charge in [-0.25, -0.2) is 9.59 Å². The molecule has 1 aliphatic carbocycles. The monoisotopic (exact) mass is 393 g/mol. The molecule has 6 heteroatoms. The molecular weight excluding hydrogens is 366 g/mol. The summed E-state index contributed by atoms with van der Waals surface area (Å²) < 4.78 is 5.55. The summed E-state index contributed by atoms with van der Waals surface area (Å²) in [6.45, 7) is 3.73. The van der Waals surface area contributed by atoms with E-state index in [9.17, 15) is 9.59 Å². The van der Waals surface area contributed by atoms with E-state index in [1.165, 1.54) is 5.56 Å². The number of nitrogens with zero attached hydrogens (tertiary/aromatic N) is 1. The number of aliphatic carboxylic acids is 1. The zero-order valence-corrected chi connectivity index (χ0v) is 17.1. The number of carboxylic acid groups (broad SMARTS) is 1. The van der Waals surface area contributed by atoms with Crippen molar-refractivity contribution in [1.82, 2.24) is 4.90 Å². The molecule has 0 aromatic heterocycles. The summed E-state index contributed by atoms with van der Waals surface area (Å²) >= 11 is 6.06. The predicted molar refractivity (Wildman–Crippen MR) is 106 cm³/mol. The molecule has 0 saturated heterocycles. The maximum absolute atomic E-state index is 12.0. The number of hydrogen-bond acceptors (Lipinski definition) is 4. The van der Waals surface area contributed by atoms with Crippen molar-refractivity contribution < 1.29 is 19.4 Å². The second-order valence-corrected chi connectivity index (χ2v) is 8.49. The van der Waals surface area contributed by atoms with Gasteiger partial charge in [-0.1, -0.05) is 30.2 Å². The summed E-state index contributed by atoms with van der Waals surface area (Å²) in [5.74, 6) is -1.82. The molecule has 148 valence electrons. The van der Waals surface area contributed by atoms with Crippen LogP contribution in [0.2, 0.25) is 5.02 Å². The van der Waals surface area contributed by atoms with Crippen molar-refractivity contribution in [3.05, 3.63) is 47.0 Å². The van der Waals surface area contributed by atoms with Crippen molar-refractivity contribution in [3.63, 3.8) is 0 Å². The Kier molecular flexibility index (Phi) is 6.71. The molecule has 2 rings (SSSR count). The summed E-state index contributed by atoms with van der Waals surface area (Å²) in [7, 11) is 4.09. The topological polar surface area (TPSA) is 66.8 Å². The highest BCUT2D eigenvalue weighted by atomic mass is 35.5. The number of hydrogen-bond donors (Lipinski definition) is 1. The van der Waals surface area contributed by atoms with E-state index >= 15 is 0 Å². The van der Waals surface area contributed by atoms with E-state index in [1.54, 1.807) is 0 Å². The maximum Gasteiger partial charge on any atom is 0.331 e. The quantitative estimate of drug-likeness (QED) is 0.533. The van der Waals surface area contributed by atoms with Crippen LogP contribution in [0.3, 0.4) is 0 Å². The molecule has 0 spiro atoms. The molecule has 1 atom stereocenters. The van der Waals surface area contributed by atoms with Crippen LogP contribution in [-0.2, 0) is 19.7 Å². The maximum atomic E-state index is 12.0. The van der Waals surface area contributed by atoms with E-state index in [2.05, 4.69) is 17.0 Å². The molecule has 1 unspecified atom stereocenters. The lowest BCUT2D eigenvalue weighted by Gasteiger charge is -2.52. The molecule has 1 fully saturated rings. The number of likely N-dealkylation sites (N-methyl/N-ethyl adjacent to an activating group) is 1. The fourth-order valence-corrected chi connectivity index (χ4v) is 4.10. The number of halogens is 1. The Morgan fingerprint density at radius 3 is 2.30 bits per heavy atom. The molecule has 1 aromatic carbocycles. The summed E-state index contributed by atoms with van der Waals surface area (Å²) in [6, 6.07) is 8.19. The Labute approximate surface area is 166 Å². The zero-order valence-electron chi connectivity index (χ0n) is 16.4. The highest BCUT2D eigenvalue weighted by Gasteiger charge is 2.48. The molecule has 1 aromatic rings. The number of carboxylic acids is 1. The van der Waals surface area contributed by atoms with Crippen molar-refractivity contribution in [1.29, 1.82) is 0 Å². The van der Waals surface area contributed by atoms with Crippen LogP contribution in [0, 0.1) is 0 Å². The third-order valence-corrected chi connectivity index (χ3v) is 5.60. The van der Waals surface area contributed by atoms with Gasteiger partial charge < -0.3 is 14.7 Å². The average molecular weight is 394 g/mol. The first-order valence-corrected chi connectivity index (χ1v) is 9.50. The van der Waals surface area contributed by atoms with Crippen LogP contribution in [-0.4, -0.2) is 47.7 Å². The van der Waals surface area contributed by atoms with Crippen molar-refractivity contribution in [3.8, 4) is 0 Å². The molecule has 0 radical (unpaired) electrons. The lowest BCUT2D eigenvalue weighted by molar-refractivity contribution is -0.153. The van der Waals surface area contributed by atoms with Gasteiger partial charge >= 0.3 is 11.9 Å². The van der Waals surface area contributed by atoms with Crippen LogP contribution in [0.25, 0.3) is 0 Å². The van der Waals surface area contributed by atoms with E-state index in [0.717, 1.165) is 31.4 Å². The number of rotatable bonds is 8. The van der Waals surface area contributed by atoms with Gasteiger partial charge in [-0.15, -0.1) is 0 Å². The molecule has 5 nitrogen and oxygen atoms in total. The molecule has 1 aliphatic rings. The first-order chi connectivity index (χ1) is 12.6. The van der Waals surface area contributed by atoms with Gasteiger partial charge in [-0.05, 0) is 58.5 Å². The Balaban J connectivity index is 2.21. The van der Waals surface area contributed by atoms with Gasteiger partial charge in [0.15, 0.2) is 0 Å². The zero-order chi connectivity index (χ0) is 20.2. The smallest absolute Gasteiger partial charge is 0.331 e. The fraction of sp³-hybridized carbons (Fsp3) is 0.524. The molecule has 0 aliphatic heterocycles. The molecule has 1 N–H and O–H groups in total. The molecular formula is C21H28ClNO4. The van der Waals surface area contributed by atoms with E-state index in [4.69, 9.17) is 21.4 Å². The third kappa shape index (κ3) is 5.33. The minimum Gasteiger partial charge on any atom is -0.478 e. The number of benzene rings is 1. The number of carbonyl (C=O) groups is 2. The number of esters is 1. The van der Waals surface area contributed by atoms with Crippen LogP contribution in [0.15, 0.2) is 36.4 Å². The first-order valence-electron chi connectivity index (χ1n) is 9.12. The highest BCUT2D eigenvalue weighted by molar-refractivity contribution is 6.30. The van der Waals surface area contributed by atoms with E-state index in [-0.39, 0.29) is 11.5 Å². The van der Waals surface area contributed by atoms with Gasteiger partial charge in [0.25, 0.3) is 0 Å². The van der Waals surface area contributed by atoms with Crippen LogP contribution in [0.1, 0.15) is 45.1 Å². The lowest BCUT2D eigenvalue weighted by atomic mass is 9.58. The van der Waals surface area contributed by atoms with Crippen LogP contribution < -0.4 is 0 Å². The summed E-state index contributed by atoms with van der Waals surface area (Å²) in [5.41, 5.74) is 0.517. The van der Waals surface area contributed by atoms with Crippen LogP contribution in [0.4, 0.5) is 0 Å². The molecule has 0 bridgehead atoms. The molecule has 1 saturated carbocycles. The number of carbonyl (C=O) groups excluding carboxylic acids is 1. The fourth-order valence-electron chi connectivity index (χ4n) is 3.98. The molecule has 0 heterocycles. The largest absolute Gasteiger partial charge is 0.478 e. The summed E-state index contributed by atoms with van der Waals surface area (Å²) in [4.78, 5) is 24.7. The minimum atomic E-state index is -1.17. The SMILES string of the molecule is CN(C)C(CC(C)(C)OC(=O)C=CC(=O)O)C1(c2ccc(Cl)cc2)CCC1. The van der Waals surface area contributed by atoms with E-state index < -0.39 is 17.5 Å². The van der Waals surface area contributed by atoms with Crippen molar-refractivity contribution in [2.75, 3.05) is 14.1 Å². The van der Waals surface area contributed by atoms with Gasteiger partial charge in [-0.3, -0.25) is 0 Å². The minimum absolute atomic E-state index is 0.00529. The van der Waals surface area contributed by atoms with Gasteiger partial charge in [-0.2, -0.15) is 0 Å². The Hall–Kier alpha value is -1.85. The second-order valence-electron chi connectivity index (χ2n) is 8.05. The van der Waals surface area contributed by atoms with Crippen molar-refractivity contribution in [2.24, 2.45) is 0 Å². The van der Waals surface area contributed by atoms with Crippen LogP contribution in [0.5, 0.6) is 0 Å². The lowest BCUT2D eigenvalue weighted by Crippen LogP contribution is -2.55. The molecule has 27 heavy (non-hydrogen) atoms. The number of ether oxygens (including phenoxy) is 1. The third-order valence-electron chi connectivity index (χ3n) is 5.35. The standard InChI is InChI=1S/C21H28ClNO4/c1-20(2,27-19(26)11-10-18(24)25)14-17(23(3)4)21(12-5-13-21)15-6-8-16(22)9-7-15/h6-11,17H,5,12-14H2,1-4H3,(H,24,25). The Bertz CT molecular complexity index is 705. The van der Waals surface area contributed by atoms with Gasteiger partial charge in [0.2, 0.25) is 0 Å². The highest BCUT2D eigenvalue weighted by Crippen LogP contribution is 2.50. The Morgan fingerprint density at radius 2 is 1.85 bits per heavy atom. The normalized spacial score (nSPS) is 17.6.